The van der Waals surface area contributed by atoms with Gasteiger partial charge in [-0.15, -0.1) is 0 Å². The molecule has 8 heteroatoms. The van der Waals surface area contributed by atoms with Crippen molar-refractivity contribution in [3.8, 4) is 0 Å². The summed E-state index contributed by atoms with van der Waals surface area (Å²) in [5.74, 6) is 4.19. The number of likely N-dealkylation sites (tertiary alicyclic amines) is 2. The molecule has 0 bridgehead atoms. The molecule has 7 aliphatic rings. The highest BCUT2D eigenvalue weighted by Crippen LogP contribution is 2.48. The van der Waals surface area contributed by atoms with Gasteiger partial charge in [0, 0.05) is 24.9 Å². The molecule has 7 fully saturated rings. The topological polar surface area (TPSA) is 102 Å². The maximum absolute atomic E-state index is 13.2. The number of fused-ring (bicyclic) bond motifs is 1. The maximum Gasteiger partial charge on any atom is 0.249 e. The number of rotatable bonds is 11. The molecule has 3 saturated heterocycles. The molecule has 0 aromatic carbocycles. The molecule has 3 N–H and O–H groups in total. The normalized spacial score (nSPS) is 36.9. The zero-order valence-electron chi connectivity index (χ0n) is 31.9. The molecule has 3 amide bonds. The predicted octanol–water partition coefficient (Wildman–Crippen LogP) is 6.75. The number of amides is 3. The summed E-state index contributed by atoms with van der Waals surface area (Å²) in [4.78, 5) is 41.7. The summed E-state index contributed by atoms with van der Waals surface area (Å²) in [5, 5.41) is 16.6. The number of nitrogens with zero attached hydrogens (tertiary/aromatic N) is 2. The number of carbonyl (C=O) groups excluding carboxylic acids is 3. The summed E-state index contributed by atoms with van der Waals surface area (Å²) in [6, 6.07) is -0.0121. The Morgan fingerprint density at radius 1 is 0.765 bits per heavy atom. The van der Waals surface area contributed by atoms with E-state index in [1.807, 2.05) is 11.1 Å². The van der Waals surface area contributed by atoms with Crippen LogP contribution in [0.2, 0.25) is 0 Å². The molecular weight excluding hydrogens is 636 g/mol. The molecule has 7 rings (SSSR count). The van der Waals surface area contributed by atoms with Gasteiger partial charge in [0.1, 0.15) is 6.04 Å². The van der Waals surface area contributed by atoms with Crippen molar-refractivity contribution < 1.29 is 19.5 Å². The molecule has 4 aliphatic carbocycles. The minimum atomic E-state index is -0.468. The number of nitrogens with one attached hydrogen (secondary N) is 2. The van der Waals surface area contributed by atoms with E-state index in [0.717, 1.165) is 68.2 Å². The summed E-state index contributed by atoms with van der Waals surface area (Å²) in [7, 11) is 0. The molecule has 0 aromatic heterocycles. The number of aliphatic hydroxyl groups excluding tert-OH is 1. The Bertz CT molecular complexity index is 1220. The first kappa shape index (κ1) is 37.5. The summed E-state index contributed by atoms with van der Waals surface area (Å²) in [5.41, 5.74) is 3.79. The van der Waals surface area contributed by atoms with Crippen LogP contribution in [-0.4, -0.2) is 83.5 Å². The van der Waals surface area contributed by atoms with Gasteiger partial charge in [-0.05, 0) is 177 Å². The van der Waals surface area contributed by atoms with E-state index in [1.54, 1.807) is 4.90 Å². The van der Waals surface area contributed by atoms with Crippen LogP contribution in [0.4, 0.5) is 0 Å². The van der Waals surface area contributed by atoms with Crippen molar-refractivity contribution in [1.29, 1.82) is 0 Å². The van der Waals surface area contributed by atoms with Crippen LogP contribution in [0.3, 0.4) is 0 Å². The van der Waals surface area contributed by atoms with E-state index < -0.39 is 6.04 Å². The minimum absolute atomic E-state index is 0.0468. The third-order valence-corrected chi connectivity index (χ3v) is 15.2. The summed E-state index contributed by atoms with van der Waals surface area (Å²) in [6.07, 6.45) is 26.1. The Morgan fingerprint density at radius 2 is 1.45 bits per heavy atom. The van der Waals surface area contributed by atoms with Gasteiger partial charge in [0.25, 0.3) is 0 Å². The van der Waals surface area contributed by atoms with Crippen molar-refractivity contribution in [3.63, 3.8) is 0 Å². The Balaban J connectivity index is 0.818. The van der Waals surface area contributed by atoms with Crippen LogP contribution in [0.25, 0.3) is 0 Å². The summed E-state index contributed by atoms with van der Waals surface area (Å²) < 4.78 is 0. The second-order valence-electron chi connectivity index (χ2n) is 18.1. The second-order valence-corrected chi connectivity index (χ2v) is 18.1. The average Bonchev–Trinajstić information content (AvgIpc) is 3.48. The van der Waals surface area contributed by atoms with E-state index in [9.17, 15) is 19.5 Å². The van der Waals surface area contributed by atoms with Crippen LogP contribution < -0.4 is 10.6 Å². The van der Waals surface area contributed by atoms with Crippen molar-refractivity contribution in [3.05, 3.63) is 11.1 Å². The first-order chi connectivity index (χ1) is 24.9. The lowest BCUT2D eigenvalue weighted by molar-refractivity contribution is -0.144. The van der Waals surface area contributed by atoms with Crippen molar-refractivity contribution in [2.45, 2.75) is 166 Å². The third-order valence-electron chi connectivity index (χ3n) is 15.2. The quantitative estimate of drug-likeness (QED) is 0.125. The van der Waals surface area contributed by atoms with E-state index in [1.165, 1.54) is 116 Å². The van der Waals surface area contributed by atoms with E-state index >= 15 is 0 Å². The highest BCUT2D eigenvalue weighted by molar-refractivity contribution is 6.02. The number of imide groups is 1. The SMILES string of the molecule is CC/C(=C(\C1CCC(O)CC1)C1CCC(C2CCN(CCCNC3CCC4C(=O)N(C5CCC(=O)NC5=O)CC4C3)CC2)CC1)C1CCCCC1. The van der Waals surface area contributed by atoms with Crippen LogP contribution in [0, 0.1) is 41.4 Å². The second kappa shape index (κ2) is 17.6. The van der Waals surface area contributed by atoms with Crippen molar-refractivity contribution >= 4 is 17.7 Å². The van der Waals surface area contributed by atoms with Gasteiger partial charge < -0.3 is 20.2 Å². The number of hydrogen-bond donors (Lipinski definition) is 3. The Kier molecular flexibility index (Phi) is 12.9. The molecule has 51 heavy (non-hydrogen) atoms. The van der Waals surface area contributed by atoms with E-state index in [0.29, 0.717) is 31.3 Å². The monoisotopic (exact) mass is 707 g/mol. The molecule has 8 nitrogen and oxygen atoms in total. The standard InChI is InChI=1S/C43H70N4O4/c1-2-37(31-7-4-3-5-8-31)41(33-13-16-36(48)17-14-33)32-11-9-29(10-12-32)30-21-25-46(26-22-30)24-6-23-44-35-15-18-38-34(27-35)28-47(43(38)51)39-19-20-40(49)45-42(39)50/h29-36,38-39,44,48H,2-28H2,1H3,(H,45,49,50)/b41-37+. The molecule has 286 valence electrons. The lowest BCUT2D eigenvalue weighted by Crippen LogP contribution is -2.53. The molecule has 0 spiro atoms. The smallest absolute Gasteiger partial charge is 0.249 e. The van der Waals surface area contributed by atoms with E-state index in [2.05, 4.69) is 22.5 Å². The highest BCUT2D eigenvalue weighted by Gasteiger charge is 2.48. The number of piperidine rings is 2. The van der Waals surface area contributed by atoms with Crippen molar-refractivity contribution in [2.75, 3.05) is 32.7 Å². The lowest BCUT2D eigenvalue weighted by atomic mass is 9.65. The first-order valence-electron chi connectivity index (χ1n) is 21.9. The summed E-state index contributed by atoms with van der Waals surface area (Å²) >= 11 is 0. The zero-order valence-corrected chi connectivity index (χ0v) is 31.9. The predicted molar refractivity (Wildman–Crippen MR) is 202 cm³/mol. The molecule has 0 aromatic rings. The Labute approximate surface area is 308 Å². The van der Waals surface area contributed by atoms with E-state index in [-0.39, 0.29) is 29.7 Å². The van der Waals surface area contributed by atoms with E-state index in [4.69, 9.17) is 0 Å². The molecule has 0 radical (unpaired) electrons. The van der Waals surface area contributed by atoms with Crippen LogP contribution in [0.5, 0.6) is 0 Å². The molecule has 4 unspecified atom stereocenters. The Morgan fingerprint density at radius 3 is 2.14 bits per heavy atom. The molecule has 3 heterocycles. The largest absolute Gasteiger partial charge is 0.393 e. The van der Waals surface area contributed by atoms with Crippen LogP contribution in [0.1, 0.15) is 148 Å². The van der Waals surface area contributed by atoms with Crippen molar-refractivity contribution in [2.24, 2.45) is 41.4 Å². The number of hydrogen-bond acceptors (Lipinski definition) is 6. The number of allylic oxidation sites excluding steroid dienone is 2. The molecule has 3 aliphatic heterocycles. The average molecular weight is 707 g/mol. The molecular formula is C43H70N4O4. The first-order valence-corrected chi connectivity index (χ1v) is 21.9. The lowest BCUT2D eigenvalue weighted by Gasteiger charge is -2.42. The van der Waals surface area contributed by atoms with Gasteiger partial charge in [0.05, 0.1) is 6.10 Å². The van der Waals surface area contributed by atoms with Gasteiger partial charge in [-0.1, -0.05) is 37.3 Å². The van der Waals surface area contributed by atoms with Crippen LogP contribution in [0.15, 0.2) is 11.1 Å². The maximum atomic E-state index is 13.2. The molecule has 4 atom stereocenters. The fraction of sp³-hybridized carbons (Fsp3) is 0.884. The minimum Gasteiger partial charge on any atom is -0.393 e. The van der Waals surface area contributed by atoms with Gasteiger partial charge in [-0.2, -0.15) is 0 Å². The van der Waals surface area contributed by atoms with Crippen molar-refractivity contribution in [1.82, 2.24) is 20.4 Å². The van der Waals surface area contributed by atoms with Crippen LogP contribution in [-0.2, 0) is 14.4 Å². The van der Waals surface area contributed by atoms with Gasteiger partial charge in [0.2, 0.25) is 17.7 Å². The van der Waals surface area contributed by atoms with Crippen LogP contribution >= 0.6 is 0 Å². The fourth-order valence-corrected chi connectivity index (χ4v) is 12.4. The Hall–Kier alpha value is -1.77. The van der Waals surface area contributed by atoms with Gasteiger partial charge in [-0.25, -0.2) is 0 Å². The molecule has 4 saturated carbocycles. The fourth-order valence-electron chi connectivity index (χ4n) is 12.4. The zero-order chi connectivity index (χ0) is 35.3. The third kappa shape index (κ3) is 8.96. The number of carbonyl (C=O) groups is 3. The van der Waals surface area contributed by atoms with Gasteiger partial charge >= 0.3 is 0 Å². The highest BCUT2D eigenvalue weighted by atomic mass is 16.3. The number of aliphatic hydroxyl groups is 1. The van der Waals surface area contributed by atoms with Gasteiger partial charge in [0.15, 0.2) is 0 Å². The summed E-state index contributed by atoms with van der Waals surface area (Å²) in [6.45, 7) is 7.83. The van der Waals surface area contributed by atoms with Gasteiger partial charge in [-0.3, -0.25) is 19.7 Å².